The van der Waals surface area contributed by atoms with Crippen LogP contribution in [0.5, 0.6) is 0 Å². The Morgan fingerprint density at radius 3 is 2.73 bits per heavy atom. The fourth-order valence-corrected chi connectivity index (χ4v) is 1.89. The number of alkyl halides is 3. The van der Waals surface area contributed by atoms with Crippen molar-refractivity contribution in [1.82, 2.24) is 9.78 Å². The standard InChI is InChI=1S/C9H9F3N2O/c10-9(11,12)5-14-8(4-15)6-2-1-3-7(6)13-14/h4H,1-3,5H2. The highest BCUT2D eigenvalue weighted by Crippen LogP contribution is 2.26. The van der Waals surface area contributed by atoms with E-state index < -0.39 is 12.7 Å². The molecular weight excluding hydrogens is 209 g/mol. The molecule has 0 unspecified atom stereocenters. The molecule has 0 bridgehead atoms. The van der Waals surface area contributed by atoms with Crippen molar-refractivity contribution in [3.05, 3.63) is 17.0 Å². The van der Waals surface area contributed by atoms with E-state index in [0.717, 1.165) is 11.1 Å². The summed E-state index contributed by atoms with van der Waals surface area (Å²) in [6.07, 6.45) is -1.69. The normalized spacial score (nSPS) is 15.4. The van der Waals surface area contributed by atoms with Crippen LogP contribution in [-0.4, -0.2) is 22.2 Å². The number of hydrogen-bond donors (Lipinski definition) is 0. The van der Waals surface area contributed by atoms with Crippen molar-refractivity contribution in [2.24, 2.45) is 0 Å². The van der Waals surface area contributed by atoms with Crippen LogP contribution in [0.4, 0.5) is 13.2 Å². The Hall–Kier alpha value is -1.33. The Bertz CT molecular complexity index is 395. The third-order valence-electron chi connectivity index (χ3n) is 2.46. The van der Waals surface area contributed by atoms with Crippen molar-refractivity contribution in [3.63, 3.8) is 0 Å². The first-order chi connectivity index (χ1) is 7.01. The number of fused-ring (bicyclic) bond motifs is 1. The molecule has 0 spiro atoms. The van der Waals surface area contributed by atoms with E-state index in [1.54, 1.807) is 0 Å². The molecular formula is C9H9F3N2O. The predicted octanol–water partition coefficient (Wildman–Crippen LogP) is 1.75. The number of aromatic nitrogens is 2. The van der Waals surface area contributed by atoms with E-state index in [1.165, 1.54) is 0 Å². The van der Waals surface area contributed by atoms with Crippen LogP contribution >= 0.6 is 0 Å². The van der Waals surface area contributed by atoms with Crippen LogP contribution in [0.25, 0.3) is 0 Å². The third kappa shape index (κ3) is 1.88. The van der Waals surface area contributed by atoms with Gasteiger partial charge >= 0.3 is 6.18 Å². The number of carbonyl (C=O) groups excluding carboxylic acids is 1. The fraction of sp³-hybridized carbons (Fsp3) is 0.556. The number of halogens is 3. The number of rotatable bonds is 2. The summed E-state index contributed by atoms with van der Waals surface area (Å²) in [6.45, 7) is -1.19. The lowest BCUT2D eigenvalue weighted by molar-refractivity contribution is -0.142. The zero-order valence-corrected chi connectivity index (χ0v) is 7.84. The van der Waals surface area contributed by atoms with Crippen LogP contribution < -0.4 is 0 Å². The van der Waals surface area contributed by atoms with Gasteiger partial charge in [0, 0.05) is 5.56 Å². The van der Waals surface area contributed by atoms with Gasteiger partial charge in [0.05, 0.1) is 5.69 Å². The number of aryl methyl sites for hydroxylation is 1. The summed E-state index contributed by atoms with van der Waals surface area (Å²) in [4.78, 5) is 10.7. The van der Waals surface area contributed by atoms with E-state index in [4.69, 9.17) is 0 Å². The van der Waals surface area contributed by atoms with Gasteiger partial charge in [-0.3, -0.25) is 9.48 Å². The summed E-state index contributed by atoms with van der Waals surface area (Å²) in [5.74, 6) is 0. The number of aldehydes is 1. The monoisotopic (exact) mass is 218 g/mol. The molecule has 1 aromatic rings. The van der Waals surface area contributed by atoms with Crippen LogP contribution in [-0.2, 0) is 19.4 Å². The van der Waals surface area contributed by atoms with Crippen LogP contribution in [0.1, 0.15) is 28.2 Å². The van der Waals surface area contributed by atoms with Crippen molar-refractivity contribution >= 4 is 6.29 Å². The molecule has 82 valence electrons. The highest BCUT2D eigenvalue weighted by atomic mass is 19.4. The lowest BCUT2D eigenvalue weighted by atomic mass is 10.2. The Morgan fingerprint density at radius 1 is 1.40 bits per heavy atom. The Labute approximate surface area is 83.9 Å². The lowest BCUT2D eigenvalue weighted by Crippen LogP contribution is -2.20. The molecule has 2 rings (SSSR count). The van der Waals surface area contributed by atoms with E-state index in [2.05, 4.69) is 5.10 Å². The van der Waals surface area contributed by atoms with Gasteiger partial charge in [0.2, 0.25) is 0 Å². The molecule has 1 aromatic heterocycles. The molecule has 0 saturated heterocycles. The van der Waals surface area contributed by atoms with Crippen molar-refractivity contribution in [2.45, 2.75) is 32.0 Å². The lowest BCUT2D eigenvalue weighted by Gasteiger charge is -2.08. The van der Waals surface area contributed by atoms with E-state index in [9.17, 15) is 18.0 Å². The van der Waals surface area contributed by atoms with E-state index >= 15 is 0 Å². The minimum atomic E-state index is -4.34. The van der Waals surface area contributed by atoms with Gasteiger partial charge in [-0.15, -0.1) is 0 Å². The van der Waals surface area contributed by atoms with Gasteiger partial charge in [-0.2, -0.15) is 18.3 Å². The van der Waals surface area contributed by atoms with Crippen LogP contribution in [0.15, 0.2) is 0 Å². The SMILES string of the molecule is O=Cc1c2c(nn1CC(F)(F)F)CCC2. The first-order valence-electron chi connectivity index (χ1n) is 4.62. The summed E-state index contributed by atoms with van der Waals surface area (Å²) >= 11 is 0. The molecule has 6 heteroatoms. The minimum absolute atomic E-state index is 0.0832. The number of nitrogens with zero attached hydrogens (tertiary/aromatic N) is 2. The Balaban J connectivity index is 2.36. The third-order valence-corrected chi connectivity index (χ3v) is 2.46. The second-order valence-corrected chi connectivity index (χ2v) is 3.55. The van der Waals surface area contributed by atoms with Gasteiger partial charge in [-0.25, -0.2) is 0 Å². The highest BCUT2D eigenvalue weighted by Gasteiger charge is 2.32. The van der Waals surface area contributed by atoms with Crippen LogP contribution in [0.3, 0.4) is 0 Å². The zero-order chi connectivity index (χ0) is 11.1. The second-order valence-electron chi connectivity index (χ2n) is 3.55. The van der Waals surface area contributed by atoms with Gasteiger partial charge < -0.3 is 0 Å². The molecule has 0 fully saturated rings. The average Bonchev–Trinajstić information content (AvgIpc) is 2.60. The Kier molecular flexibility index (Phi) is 2.28. The molecule has 0 aliphatic heterocycles. The summed E-state index contributed by atoms with van der Waals surface area (Å²) in [6, 6.07) is 0. The van der Waals surface area contributed by atoms with Gasteiger partial charge in [-0.05, 0) is 19.3 Å². The fourth-order valence-electron chi connectivity index (χ4n) is 1.89. The summed E-state index contributed by atoms with van der Waals surface area (Å²) in [7, 11) is 0. The summed E-state index contributed by atoms with van der Waals surface area (Å²) < 4.78 is 37.2. The minimum Gasteiger partial charge on any atom is -0.296 e. The average molecular weight is 218 g/mol. The van der Waals surface area contributed by atoms with Gasteiger partial charge in [-0.1, -0.05) is 0 Å². The van der Waals surface area contributed by atoms with Crippen molar-refractivity contribution < 1.29 is 18.0 Å². The van der Waals surface area contributed by atoms with E-state index in [-0.39, 0.29) is 5.69 Å². The first-order valence-corrected chi connectivity index (χ1v) is 4.62. The van der Waals surface area contributed by atoms with Crippen molar-refractivity contribution in [2.75, 3.05) is 0 Å². The van der Waals surface area contributed by atoms with Crippen molar-refractivity contribution in [1.29, 1.82) is 0 Å². The maximum Gasteiger partial charge on any atom is 0.408 e. The molecule has 1 heterocycles. The van der Waals surface area contributed by atoms with Crippen LogP contribution in [0, 0.1) is 0 Å². The molecule has 0 saturated carbocycles. The molecule has 0 radical (unpaired) electrons. The molecule has 0 amide bonds. The highest BCUT2D eigenvalue weighted by molar-refractivity contribution is 5.75. The topological polar surface area (TPSA) is 34.9 Å². The summed E-state index contributed by atoms with van der Waals surface area (Å²) in [5.41, 5.74) is 1.41. The maximum absolute atomic E-state index is 12.1. The second kappa shape index (κ2) is 3.36. The number of carbonyl (C=O) groups is 1. The summed E-state index contributed by atoms with van der Waals surface area (Å²) in [5, 5.41) is 3.81. The van der Waals surface area contributed by atoms with E-state index in [1.807, 2.05) is 0 Å². The van der Waals surface area contributed by atoms with E-state index in [0.29, 0.717) is 30.4 Å². The largest absolute Gasteiger partial charge is 0.408 e. The quantitative estimate of drug-likeness (QED) is 0.709. The van der Waals surface area contributed by atoms with Crippen molar-refractivity contribution in [3.8, 4) is 0 Å². The van der Waals surface area contributed by atoms with Gasteiger partial charge in [0.1, 0.15) is 12.2 Å². The van der Waals surface area contributed by atoms with Crippen LogP contribution in [0.2, 0.25) is 0 Å². The zero-order valence-electron chi connectivity index (χ0n) is 7.84. The number of hydrogen-bond acceptors (Lipinski definition) is 2. The molecule has 15 heavy (non-hydrogen) atoms. The molecule has 0 atom stereocenters. The molecule has 3 nitrogen and oxygen atoms in total. The predicted molar refractivity (Wildman–Crippen MR) is 45.7 cm³/mol. The van der Waals surface area contributed by atoms with Gasteiger partial charge in [0.15, 0.2) is 6.29 Å². The van der Waals surface area contributed by atoms with Gasteiger partial charge in [0.25, 0.3) is 0 Å². The first kappa shape index (κ1) is 10.2. The maximum atomic E-state index is 12.1. The molecule has 1 aliphatic carbocycles. The Morgan fingerprint density at radius 2 is 2.13 bits per heavy atom. The molecule has 1 aliphatic rings. The molecule has 0 N–H and O–H groups in total. The smallest absolute Gasteiger partial charge is 0.296 e. The molecule has 0 aromatic carbocycles.